The van der Waals surface area contributed by atoms with Crippen molar-refractivity contribution in [2.24, 2.45) is 0 Å². The minimum atomic E-state index is -0.402. The highest BCUT2D eigenvalue weighted by molar-refractivity contribution is 9.10. The number of carbonyl (C=O) groups is 1. The number of ether oxygens (including phenoxy) is 1. The minimum absolute atomic E-state index is 0.208. The third-order valence-electron chi connectivity index (χ3n) is 2.96. The van der Waals surface area contributed by atoms with E-state index in [2.05, 4.69) is 15.9 Å². The van der Waals surface area contributed by atoms with Gasteiger partial charge in [-0.25, -0.2) is 4.39 Å². The zero-order valence-electron chi connectivity index (χ0n) is 12.0. The molecule has 0 spiro atoms. The maximum Gasteiger partial charge on any atom is 0.193 e. The van der Waals surface area contributed by atoms with Crippen molar-refractivity contribution < 1.29 is 13.9 Å². The molecule has 0 aliphatic carbocycles. The van der Waals surface area contributed by atoms with Gasteiger partial charge < -0.3 is 4.74 Å². The van der Waals surface area contributed by atoms with Gasteiger partial charge in [0.05, 0.1) is 11.1 Å². The summed E-state index contributed by atoms with van der Waals surface area (Å²) in [4.78, 5) is 12.4. The highest BCUT2D eigenvalue weighted by Crippen LogP contribution is 2.27. The van der Waals surface area contributed by atoms with E-state index in [4.69, 9.17) is 4.74 Å². The molecule has 2 aromatic carbocycles. The zero-order valence-corrected chi connectivity index (χ0v) is 13.5. The number of carbonyl (C=O) groups excluding carboxylic acids is 1. The van der Waals surface area contributed by atoms with E-state index in [1.54, 1.807) is 31.2 Å². The first-order valence-corrected chi connectivity index (χ1v) is 7.55. The maximum atomic E-state index is 13.4. The molecule has 0 aliphatic heterocycles. The Morgan fingerprint density at radius 2 is 1.95 bits per heavy atom. The van der Waals surface area contributed by atoms with Gasteiger partial charge in [-0.15, -0.1) is 0 Å². The Balaban J connectivity index is 2.29. The number of halogens is 2. The van der Waals surface area contributed by atoms with Crippen LogP contribution in [-0.2, 0) is 0 Å². The standard InChI is InChI=1S/C17H16BrFO2/c1-3-6-21-16-5-4-12(10-15(16)18)17(20)13-7-11(2)8-14(19)9-13/h4-5,7-10H,3,6H2,1-2H3. The van der Waals surface area contributed by atoms with Crippen molar-refractivity contribution in [3.8, 4) is 5.75 Å². The summed E-state index contributed by atoms with van der Waals surface area (Å²) in [6, 6.07) is 9.48. The van der Waals surface area contributed by atoms with Crippen LogP contribution in [0.1, 0.15) is 34.8 Å². The average Bonchev–Trinajstić information content (AvgIpc) is 2.44. The van der Waals surface area contributed by atoms with Gasteiger partial charge in [0.15, 0.2) is 5.78 Å². The molecule has 0 unspecified atom stereocenters. The van der Waals surface area contributed by atoms with Crippen LogP contribution >= 0.6 is 15.9 Å². The molecule has 0 saturated heterocycles. The first-order chi connectivity index (χ1) is 10.0. The Hall–Kier alpha value is -1.68. The van der Waals surface area contributed by atoms with Gasteiger partial charge in [-0.3, -0.25) is 4.79 Å². The molecular weight excluding hydrogens is 335 g/mol. The van der Waals surface area contributed by atoms with E-state index >= 15 is 0 Å². The molecule has 0 amide bonds. The van der Waals surface area contributed by atoms with Gasteiger partial charge in [0.25, 0.3) is 0 Å². The number of hydrogen-bond acceptors (Lipinski definition) is 2. The largest absolute Gasteiger partial charge is 0.492 e. The number of benzene rings is 2. The van der Waals surface area contributed by atoms with Crippen molar-refractivity contribution in [1.82, 2.24) is 0 Å². The number of aryl methyl sites for hydroxylation is 1. The topological polar surface area (TPSA) is 26.3 Å². The summed E-state index contributed by atoms with van der Waals surface area (Å²) < 4.78 is 19.7. The van der Waals surface area contributed by atoms with Crippen molar-refractivity contribution in [1.29, 1.82) is 0 Å². The molecule has 0 fully saturated rings. The van der Waals surface area contributed by atoms with Crippen LogP contribution in [0.4, 0.5) is 4.39 Å². The van der Waals surface area contributed by atoms with Gasteiger partial charge in [-0.2, -0.15) is 0 Å². The lowest BCUT2D eigenvalue weighted by atomic mass is 10.0. The molecule has 110 valence electrons. The third kappa shape index (κ3) is 3.91. The summed E-state index contributed by atoms with van der Waals surface area (Å²) in [5, 5.41) is 0. The van der Waals surface area contributed by atoms with Crippen molar-refractivity contribution in [3.05, 3.63) is 63.4 Å². The van der Waals surface area contributed by atoms with Crippen molar-refractivity contribution in [2.45, 2.75) is 20.3 Å². The Labute approximate surface area is 132 Å². The third-order valence-corrected chi connectivity index (χ3v) is 3.58. The lowest BCUT2D eigenvalue weighted by Gasteiger charge is -2.09. The Kier molecular flexibility index (Phi) is 5.12. The van der Waals surface area contributed by atoms with Crippen LogP contribution in [0.25, 0.3) is 0 Å². The molecule has 2 nitrogen and oxygen atoms in total. The van der Waals surface area contributed by atoms with E-state index < -0.39 is 5.82 Å². The smallest absolute Gasteiger partial charge is 0.193 e. The molecule has 0 N–H and O–H groups in total. The van der Waals surface area contributed by atoms with E-state index in [1.165, 1.54) is 12.1 Å². The monoisotopic (exact) mass is 350 g/mol. The lowest BCUT2D eigenvalue weighted by Crippen LogP contribution is -2.03. The number of rotatable bonds is 5. The number of ketones is 1. The molecule has 0 atom stereocenters. The van der Waals surface area contributed by atoms with E-state index in [0.717, 1.165) is 16.5 Å². The molecule has 21 heavy (non-hydrogen) atoms. The second-order valence-corrected chi connectivity index (χ2v) is 5.69. The van der Waals surface area contributed by atoms with Gasteiger partial charge in [-0.1, -0.05) is 6.92 Å². The molecule has 0 aliphatic rings. The van der Waals surface area contributed by atoms with Crippen molar-refractivity contribution in [2.75, 3.05) is 6.61 Å². The van der Waals surface area contributed by atoms with Gasteiger partial charge in [0.2, 0.25) is 0 Å². The summed E-state index contributed by atoms with van der Waals surface area (Å²) in [5.74, 6) is 0.0875. The summed E-state index contributed by atoms with van der Waals surface area (Å²) in [5.41, 5.74) is 1.57. The van der Waals surface area contributed by atoms with E-state index in [1.807, 2.05) is 6.92 Å². The summed E-state index contributed by atoms with van der Waals surface area (Å²) in [6.45, 7) is 4.41. The minimum Gasteiger partial charge on any atom is -0.492 e. The Bertz CT molecular complexity index is 648. The molecule has 0 bridgehead atoms. The molecule has 0 radical (unpaired) electrons. The van der Waals surface area contributed by atoms with Crippen molar-refractivity contribution in [3.63, 3.8) is 0 Å². The fraction of sp³-hybridized carbons (Fsp3) is 0.235. The Morgan fingerprint density at radius 1 is 1.19 bits per heavy atom. The van der Waals surface area contributed by atoms with Gasteiger partial charge in [0.1, 0.15) is 11.6 Å². The number of hydrogen-bond donors (Lipinski definition) is 0. The van der Waals surface area contributed by atoms with Crippen LogP contribution in [0.2, 0.25) is 0 Å². The van der Waals surface area contributed by atoms with Gasteiger partial charge in [0, 0.05) is 11.1 Å². The predicted molar refractivity (Wildman–Crippen MR) is 84.5 cm³/mol. The normalized spacial score (nSPS) is 10.5. The molecule has 0 aromatic heterocycles. The average molecular weight is 351 g/mol. The quantitative estimate of drug-likeness (QED) is 0.715. The van der Waals surface area contributed by atoms with Crippen molar-refractivity contribution >= 4 is 21.7 Å². The van der Waals surface area contributed by atoms with Gasteiger partial charge >= 0.3 is 0 Å². The van der Waals surface area contributed by atoms with Gasteiger partial charge in [-0.05, 0) is 71.2 Å². The fourth-order valence-corrected chi connectivity index (χ4v) is 2.50. The highest BCUT2D eigenvalue weighted by atomic mass is 79.9. The second-order valence-electron chi connectivity index (χ2n) is 4.84. The zero-order chi connectivity index (χ0) is 15.4. The van der Waals surface area contributed by atoms with Crippen LogP contribution in [0.15, 0.2) is 40.9 Å². The van der Waals surface area contributed by atoms with Crippen LogP contribution in [0.5, 0.6) is 5.75 Å². The predicted octanol–water partition coefficient (Wildman–Crippen LogP) is 4.92. The molecule has 0 saturated carbocycles. The van der Waals surface area contributed by atoms with E-state index in [0.29, 0.717) is 23.5 Å². The SMILES string of the molecule is CCCOc1ccc(C(=O)c2cc(C)cc(F)c2)cc1Br. The molecule has 4 heteroatoms. The fourth-order valence-electron chi connectivity index (χ4n) is 2.01. The lowest BCUT2D eigenvalue weighted by molar-refractivity contribution is 0.103. The highest BCUT2D eigenvalue weighted by Gasteiger charge is 2.13. The molecule has 2 rings (SSSR count). The van der Waals surface area contributed by atoms with Crippen LogP contribution in [-0.4, -0.2) is 12.4 Å². The first kappa shape index (κ1) is 15.7. The van der Waals surface area contributed by atoms with E-state index in [9.17, 15) is 9.18 Å². The summed E-state index contributed by atoms with van der Waals surface area (Å²) >= 11 is 3.40. The maximum absolute atomic E-state index is 13.4. The van der Waals surface area contributed by atoms with Crippen LogP contribution in [0, 0.1) is 12.7 Å². The summed E-state index contributed by atoms with van der Waals surface area (Å²) in [6.07, 6.45) is 0.912. The van der Waals surface area contributed by atoms with E-state index in [-0.39, 0.29) is 5.78 Å². The first-order valence-electron chi connectivity index (χ1n) is 6.75. The molecular formula is C17H16BrFO2. The second kappa shape index (κ2) is 6.85. The Morgan fingerprint density at radius 3 is 2.57 bits per heavy atom. The van der Waals surface area contributed by atoms with Crippen LogP contribution in [0.3, 0.4) is 0 Å². The molecule has 0 heterocycles. The summed E-state index contributed by atoms with van der Waals surface area (Å²) in [7, 11) is 0. The molecule has 2 aromatic rings. The van der Waals surface area contributed by atoms with Crippen LogP contribution < -0.4 is 4.74 Å².